The maximum absolute atomic E-state index is 5.42. The molecular weight excluding hydrogens is 206 g/mol. The van der Waals surface area contributed by atoms with Gasteiger partial charge in [-0.2, -0.15) is 10.1 Å². The van der Waals surface area contributed by atoms with Crippen molar-refractivity contribution in [3.8, 4) is 11.5 Å². The zero-order valence-corrected chi connectivity index (χ0v) is 9.47. The summed E-state index contributed by atoms with van der Waals surface area (Å²) in [4.78, 5) is 4.31. The van der Waals surface area contributed by atoms with Crippen LogP contribution < -0.4 is 5.73 Å². The van der Waals surface area contributed by atoms with Gasteiger partial charge in [-0.05, 0) is 19.9 Å². The highest BCUT2D eigenvalue weighted by atomic mass is 16.5. The summed E-state index contributed by atoms with van der Waals surface area (Å²) in [6, 6.07) is 0. The first kappa shape index (κ1) is 10.8. The highest BCUT2D eigenvalue weighted by Crippen LogP contribution is 2.20. The Bertz CT molecular complexity index is 473. The summed E-state index contributed by atoms with van der Waals surface area (Å²) in [5, 5.41) is 8.03. The molecule has 86 valence electrons. The van der Waals surface area contributed by atoms with E-state index in [1.54, 1.807) is 10.9 Å². The quantitative estimate of drug-likeness (QED) is 0.820. The minimum absolute atomic E-state index is 0.526. The zero-order chi connectivity index (χ0) is 11.5. The van der Waals surface area contributed by atoms with Crippen LogP contribution in [0.4, 0.5) is 0 Å². The van der Waals surface area contributed by atoms with Crippen molar-refractivity contribution in [1.82, 2.24) is 19.9 Å². The Labute approximate surface area is 93.4 Å². The van der Waals surface area contributed by atoms with Gasteiger partial charge >= 0.3 is 0 Å². The highest BCUT2D eigenvalue weighted by molar-refractivity contribution is 5.54. The van der Waals surface area contributed by atoms with Gasteiger partial charge in [-0.15, -0.1) is 0 Å². The topological polar surface area (TPSA) is 82.8 Å². The summed E-state index contributed by atoms with van der Waals surface area (Å²) in [5.41, 5.74) is 7.31. The number of nitrogens with two attached hydrogens (primary N) is 1. The first-order chi connectivity index (χ1) is 7.72. The molecule has 6 heteroatoms. The maximum atomic E-state index is 5.42. The summed E-state index contributed by atoms with van der Waals surface area (Å²) in [6.45, 7) is 2.60. The molecule has 0 aromatic carbocycles. The lowest BCUT2D eigenvalue weighted by Gasteiger charge is -1.93. The van der Waals surface area contributed by atoms with Crippen LogP contribution in [0.15, 0.2) is 10.7 Å². The third-order valence-corrected chi connectivity index (χ3v) is 2.54. The lowest BCUT2D eigenvalue weighted by molar-refractivity contribution is 0.421. The van der Waals surface area contributed by atoms with E-state index < -0.39 is 0 Å². The van der Waals surface area contributed by atoms with Crippen molar-refractivity contribution >= 4 is 0 Å². The summed E-state index contributed by atoms with van der Waals surface area (Å²) < 4.78 is 6.96. The van der Waals surface area contributed by atoms with Gasteiger partial charge in [0.05, 0.1) is 11.8 Å². The van der Waals surface area contributed by atoms with Gasteiger partial charge in [0.15, 0.2) is 5.82 Å². The molecule has 0 spiro atoms. The van der Waals surface area contributed by atoms with E-state index in [1.165, 1.54) is 0 Å². The second-order valence-electron chi connectivity index (χ2n) is 3.68. The van der Waals surface area contributed by atoms with Gasteiger partial charge in [-0.25, -0.2) is 0 Å². The van der Waals surface area contributed by atoms with E-state index in [4.69, 9.17) is 10.3 Å². The Hall–Kier alpha value is -1.69. The van der Waals surface area contributed by atoms with Gasteiger partial charge in [0.25, 0.3) is 5.89 Å². The molecule has 0 amide bonds. The Morgan fingerprint density at radius 1 is 1.50 bits per heavy atom. The minimum atomic E-state index is 0.526. The highest BCUT2D eigenvalue weighted by Gasteiger charge is 2.13. The van der Waals surface area contributed by atoms with Gasteiger partial charge in [0.2, 0.25) is 0 Å². The number of aryl methyl sites for hydroxylation is 2. The number of hydrogen-bond acceptors (Lipinski definition) is 5. The van der Waals surface area contributed by atoms with Crippen molar-refractivity contribution in [2.75, 3.05) is 6.54 Å². The van der Waals surface area contributed by atoms with Gasteiger partial charge < -0.3 is 10.3 Å². The third-order valence-electron chi connectivity index (χ3n) is 2.54. The second-order valence-corrected chi connectivity index (χ2v) is 3.68. The van der Waals surface area contributed by atoms with Crippen LogP contribution in [0.1, 0.15) is 17.9 Å². The number of rotatable bonds is 4. The summed E-state index contributed by atoms with van der Waals surface area (Å²) in [6.07, 6.45) is 3.35. The van der Waals surface area contributed by atoms with Crippen molar-refractivity contribution in [2.45, 2.75) is 19.8 Å². The van der Waals surface area contributed by atoms with Crippen LogP contribution in [-0.2, 0) is 13.5 Å². The Kier molecular flexibility index (Phi) is 3.00. The molecule has 6 nitrogen and oxygen atoms in total. The van der Waals surface area contributed by atoms with Gasteiger partial charge in [0, 0.05) is 19.2 Å². The molecule has 16 heavy (non-hydrogen) atoms. The molecule has 0 bridgehead atoms. The molecule has 0 radical (unpaired) electrons. The first-order valence-corrected chi connectivity index (χ1v) is 5.24. The van der Waals surface area contributed by atoms with Gasteiger partial charge in [-0.1, -0.05) is 5.16 Å². The lowest BCUT2D eigenvalue weighted by atomic mass is 10.2. The maximum Gasteiger partial charge on any atom is 0.261 e. The normalized spacial score (nSPS) is 10.9. The fourth-order valence-corrected chi connectivity index (χ4v) is 1.43. The van der Waals surface area contributed by atoms with E-state index in [1.807, 2.05) is 14.0 Å². The number of nitrogens with zero attached hydrogens (tertiary/aromatic N) is 4. The van der Waals surface area contributed by atoms with E-state index in [-0.39, 0.29) is 0 Å². The Balaban J connectivity index is 2.21. The zero-order valence-electron chi connectivity index (χ0n) is 9.47. The fourth-order valence-electron chi connectivity index (χ4n) is 1.43. The Morgan fingerprint density at radius 2 is 2.31 bits per heavy atom. The Morgan fingerprint density at radius 3 is 2.94 bits per heavy atom. The lowest BCUT2D eigenvalue weighted by Crippen LogP contribution is -2.01. The molecule has 0 atom stereocenters. The fraction of sp³-hybridized carbons (Fsp3) is 0.500. The SMILES string of the molecule is Cc1c(-c2nc(CCCN)no2)cnn1C. The third kappa shape index (κ3) is 1.96. The van der Waals surface area contributed by atoms with Crippen molar-refractivity contribution < 1.29 is 4.52 Å². The van der Waals surface area contributed by atoms with Crippen molar-refractivity contribution in [2.24, 2.45) is 12.8 Å². The van der Waals surface area contributed by atoms with Crippen LogP contribution in [0.25, 0.3) is 11.5 Å². The molecule has 0 saturated heterocycles. The molecule has 2 aromatic rings. The van der Waals surface area contributed by atoms with Crippen LogP contribution in [0.5, 0.6) is 0 Å². The number of aromatic nitrogens is 4. The smallest absolute Gasteiger partial charge is 0.261 e. The van der Waals surface area contributed by atoms with Crippen LogP contribution in [0.2, 0.25) is 0 Å². The molecule has 2 aromatic heterocycles. The predicted molar refractivity (Wildman–Crippen MR) is 58.6 cm³/mol. The molecule has 0 aliphatic rings. The molecule has 0 aliphatic heterocycles. The van der Waals surface area contributed by atoms with Gasteiger partial charge in [0.1, 0.15) is 0 Å². The second kappa shape index (κ2) is 4.44. The molecule has 0 fully saturated rings. The largest absolute Gasteiger partial charge is 0.334 e. The molecule has 0 unspecified atom stereocenters. The van der Waals surface area contributed by atoms with E-state index >= 15 is 0 Å². The average Bonchev–Trinajstić information content (AvgIpc) is 2.85. The van der Waals surface area contributed by atoms with Gasteiger partial charge in [-0.3, -0.25) is 4.68 Å². The average molecular weight is 221 g/mol. The van der Waals surface area contributed by atoms with E-state index in [0.717, 1.165) is 24.1 Å². The van der Waals surface area contributed by atoms with Crippen molar-refractivity contribution in [3.05, 3.63) is 17.7 Å². The first-order valence-electron chi connectivity index (χ1n) is 5.24. The van der Waals surface area contributed by atoms with Crippen LogP contribution >= 0.6 is 0 Å². The summed E-state index contributed by atoms with van der Waals surface area (Å²) in [7, 11) is 1.88. The monoisotopic (exact) mass is 221 g/mol. The summed E-state index contributed by atoms with van der Waals surface area (Å²) >= 11 is 0. The van der Waals surface area contributed by atoms with E-state index in [2.05, 4.69) is 15.2 Å². The number of hydrogen-bond donors (Lipinski definition) is 1. The van der Waals surface area contributed by atoms with Crippen LogP contribution in [0.3, 0.4) is 0 Å². The van der Waals surface area contributed by atoms with Crippen LogP contribution in [0, 0.1) is 6.92 Å². The predicted octanol–water partition coefficient (Wildman–Crippen LogP) is 0.670. The molecule has 2 heterocycles. The molecule has 0 aliphatic carbocycles. The summed E-state index contributed by atoms with van der Waals surface area (Å²) in [5.74, 6) is 1.22. The standard InChI is InChI=1S/C10H15N5O/c1-7-8(6-12-15(7)2)10-13-9(14-16-10)4-3-5-11/h6H,3-5,11H2,1-2H3. The minimum Gasteiger partial charge on any atom is -0.334 e. The van der Waals surface area contributed by atoms with Crippen molar-refractivity contribution in [3.63, 3.8) is 0 Å². The molecule has 2 N–H and O–H groups in total. The molecule has 0 saturated carbocycles. The van der Waals surface area contributed by atoms with E-state index in [9.17, 15) is 0 Å². The van der Waals surface area contributed by atoms with Crippen molar-refractivity contribution in [1.29, 1.82) is 0 Å². The van der Waals surface area contributed by atoms with Crippen LogP contribution in [-0.4, -0.2) is 26.5 Å². The molecule has 2 rings (SSSR count). The molecular formula is C10H15N5O. The van der Waals surface area contributed by atoms with E-state index in [0.29, 0.717) is 18.3 Å².